The fourth-order valence-electron chi connectivity index (χ4n) is 1.94. The molecule has 0 fully saturated rings. The number of ether oxygens (including phenoxy) is 2. The molecule has 0 spiro atoms. The van der Waals surface area contributed by atoms with E-state index >= 15 is 0 Å². The van der Waals surface area contributed by atoms with Crippen molar-refractivity contribution in [1.82, 2.24) is 5.32 Å². The van der Waals surface area contributed by atoms with Gasteiger partial charge in [0.1, 0.15) is 11.5 Å². The van der Waals surface area contributed by atoms with E-state index in [1.807, 2.05) is 29.6 Å². The molecule has 1 heterocycles. The Morgan fingerprint density at radius 3 is 2.74 bits per heavy atom. The van der Waals surface area contributed by atoms with Crippen LogP contribution < -0.4 is 14.8 Å². The number of carbonyl (C=O) groups is 1. The second kappa shape index (κ2) is 9.20. The summed E-state index contributed by atoms with van der Waals surface area (Å²) in [5.41, 5.74) is 1.00. The van der Waals surface area contributed by atoms with Gasteiger partial charge in [-0.25, -0.2) is 0 Å². The number of methoxy groups -OCH3 is 2. The first-order chi connectivity index (χ1) is 11.1. The van der Waals surface area contributed by atoms with Crippen LogP contribution in [-0.4, -0.2) is 25.9 Å². The summed E-state index contributed by atoms with van der Waals surface area (Å²) in [6.07, 6.45) is 0. The smallest absolute Gasteiger partial charge is 0.230 e. The van der Waals surface area contributed by atoms with Crippen LogP contribution in [0.1, 0.15) is 10.4 Å². The lowest BCUT2D eigenvalue weighted by Gasteiger charge is -2.12. The molecule has 0 saturated heterocycles. The van der Waals surface area contributed by atoms with E-state index in [4.69, 9.17) is 9.47 Å². The van der Waals surface area contributed by atoms with Crippen LogP contribution in [0.4, 0.5) is 0 Å². The first-order valence-electron chi connectivity index (χ1n) is 6.91. The second-order valence-electron chi connectivity index (χ2n) is 4.65. The first-order valence-corrected chi connectivity index (χ1v) is 9.74. The number of halogens is 1. The number of rotatable bonds is 8. The number of hydrogen-bond donors (Lipinski definition) is 1. The Kier molecular flexibility index (Phi) is 7.26. The normalized spacial score (nSPS) is 10.4. The van der Waals surface area contributed by atoms with Crippen LogP contribution in [0.5, 0.6) is 11.5 Å². The summed E-state index contributed by atoms with van der Waals surface area (Å²) in [5, 5.41) is 4.92. The van der Waals surface area contributed by atoms with Crippen molar-refractivity contribution in [2.75, 3.05) is 20.0 Å². The number of thioether (sulfide) groups is 1. The quantitative estimate of drug-likeness (QED) is 0.705. The molecule has 2 rings (SSSR count). The molecule has 2 aromatic rings. The largest absolute Gasteiger partial charge is 0.496 e. The standard InChI is InChI=1S/C16H18BrNO3S2/c1-20-14-7-13(17)15(21-2)6-11(14)9-22-10-16(19)18-8-12-4-3-5-23-12/h3-7H,8-10H2,1-2H3,(H,18,19). The van der Waals surface area contributed by atoms with Gasteiger partial charge in [0.25, 0.3) is 0 Å². The maximum Gasteiger partial charge on any atom is 0.230 e. The average Bonchev–Trinajstić information content (AvgIpc) is 3.07. The minimum absolute atomic E-state index is 0.0337. The third kappa shape index (κ3) is 5.44. The molecule has 0 aliphatic rings. The molecule has 0 bridgehead atoms. The van der Waals surface area contributed by atoms with E-state index in [9.17, 15) is 4.79 Å². The minimum atomic E-state index is 0.0337. The molecule has 4 nitrogen and oxygen atoms in total. The lowest BCUT2D eigenvalue weighted by molar-refractivity contribution is -0.118. The van der Waals surface area contributed by atoms with E-state index in [1.54, 1.807) is 37.3 Å². The highest BCUT2D eigenvalue weighted by atomic mass is 79.9. The van der Waals surface area contributed by atoms with Crippen molar-refractivity contribution >= 4 is 44.9 Å². The fourth-order valence-corrected chi connectivity index (χ4v) is 3.90. The molecule has 0 aliphatic carbocycles. The minimum Gasteiger partial charge on any atom is -0.496 e. The fraction of sp³-hybridized carbons (Fsp3) is 0.312. The summed E-state index contributed by atoms with van der Waals surface area (Å²) in [6, 6.07) is 7.80. The molecule has 0 aliphatic heterocycles. The predicted octanol–water partition coefficient (Wildman–Crippen LogP) is 4.08. The van der Waals surface area contributed by atoms with Gasteiger partial charge < -0.3 is 14.8 Å². The Hall–Kier alpha value is -1.18. The summed E-state index contributed by atoms with van der Waals surface area (Å²) in [5.74, 6) is 2.66. The maximum absolute atomic E-state index is 11.9. The van der Waals surface area contributed by atoms with E-state index in [-0.39, 0.29) is 5.91 Å². The topological polar surface area (TPSA) is 47.6 Å². The van der Waals surface area contributed by atoms with Gasteiger partial charge in [0, 0.05) is 16.2 Å². The van der Waals surface area contributed by atoms with Crippen molar-refractivity contribution in [2.45, 2.75) is 12.3 Å². The van der Waals surface area contributed by atoms with Crippen LogP contribution in [0.25, 0.3) is 0 Å². The lowest BCUT2D eigenvalue weighted by Crippen LogP contribution is -2.24. The van der Waals surface area contributed by atoms with Gasteiger partial charge in [-0.2, -0.15) is 0 Å². The zero-order valence-electron chi connectivity index (χ0n) is 12.9. The second-order valence-corrected chi connectivity index (χ2v) is 7.52. The molecule has 7 heteroatoms. The van der Waals surface area contributed by atoms with Gasteiger partial charge in [-0.15, -0.1) is 23.1 Å². The number of thiophene rings is 1. The molecule has 124 valence electrons. The molecule has 0 saturated carbocycles. The monoisotopic (exact) mass is 415 g/mol. The van der Waals surface area contributed by atoms with Crippen molar-refractivity contribution in [3.8, 4) is 11.5 Å². The number of hydrogen-bond acceptors (Lipinski definition) is 5. The van der Waals surface area contributed by atoms with E-state index < -0.39 is 0 Å². The summed E-state index contributed by atoms with van der Waals surface area (Å²) >= 11 is 6.62. The molecule has 1 aromatic carbocycles. The van der Waals surface area contributed by atoms with Gasteiger partial charge in [-0.1, -0.05) is 6.07 Å². The zero-order valence-corrected chi connectivity index (χ0v) is 16.1. The molecule has 1 aromatic heterocycles. The average molecular weight is 416 g/mol. The third-order valence-electron chi connectivity index (χ3n) is 3.09. The van der Waals surface area contributed by atoms with Crippen molar-refractivity contribution in [2.24, 2.45) is 0 Å². The number of carbonyl (C=O) groups excluding carboxylic acids is 1. The molecular formula is C16H18BrNO3S2. The van der Waals surface area contributed by atoms with Gasteiger partial charge in [0.15, 0.2) is 0 Å². The van der Waals surface area contributed by atoms with E-state index in [0.29, 0.717) is 18.1 Å². The highest BCUT2D eigenvalue weighted by Crippen LogP contribution is 2.34. The zero-order chi connectivity index (χ0) is 16.7. The molecule has 23 heavy (non-hydrogen) atoms. The molecule has 0 unspecified atom stereocenters. The Balaban J connectivity index is 1.84. The van der Waals surface area contributed by atoms with E-state index in [1.165, 1.54) is 0 Å². The molecule has 1 N–H and O–H groups in total. The van der Waals surface area contributed by atoms with Crippen molar-refractivity contribution in [1.29, 1.82) is 0 Å². The van der Waals surface area contributed by atoms with Crippen LogP contribution in [0.2, 0.25) is 0 Å². The first kappa shape index (κ1) is 18.2. The Labute approximate surface area is 152 Å². The van der Waals surface area contributed by atoms with Crippen LogP contribution in [0.15, 0.2) is 34.1 Å². The van der Waals surface area contributed by atoms with Gasteiger partial charge in [-0.05, 0) is 39.5 Å². The molecular weight excluding hydrogens is 398 g/mol. The Morgan fingerprint density at radius 1 is 1.30 bits per heavy atom. The summed E-state index contributed by atoms with van der Waals surface area (Å²) in [7, 11) is 3.26. The van der Waals surface area contributed by atoms with Crippen LogP contribution >= 0.6 is 39.0 Å². The van der Waals surface area contributed by atoms with Crippen LogP contribution in [-0.2, 0) is 17.1 Å². The lowest BCUT2D eigenvalue weighted by atomic mass is 10.2. The third-order valence-corrected chi connectivity index (χ3v) is 5.56. The predicted molar refractivity (Wildman–Crippen MR) is 99.6 cm³/mol. The van der Waals surface area contributed by atoms with Crippen LogP contribution in [0, 0.1) is 0 Å². The van der Waals surface area contributed by atoms with Gasteiger partial charge in [0.2, 0.25) is 5.91 Å². The SMILES string of the molecule is COc1cc(CSCC(=O)NCc2cccs2)c(OC)cc1Br. The van der Waals surface area contributed by atoms with Crippen LogP contribution in [0.3, 0.4) is 0 Å². The van der Waals surface area contributed by atoms with E-state index in [0.717, 1.165) is 26.4 Å². The van der Waals surface area contributed by atoms with Gasteiger partial charge >= 0.3 is 0 Å². The van der Waals surface area contributed by atoms with Gasteiger partial charge in [-0.3, -0.25) is 4.79 Å². The van der Waals surface area contributed by atoms with E-state index in [2.05, 4.69) is 21.2 Å². The maximum atomic E-state index is 11.9. The van der Waals surface area contributed by atoms with Crippen molar-refractivity contribution in [3.05, 3.63) is 44.6 Å². The number of benzene rings is 1. The Bertz CT molecular complexity index is 647. The summed E-state index contributed by atoms with van der Waals surface area (Å²) < 4.78 is 11.5. The molecule has 0 radical (unpaired) electrons. The number of nitrogens with one attached hydrogen (secondary N) is 1. The molecule has 0 atom stereocenters. The van der Waals surface area contributed by atoms with Crippen molar-refractivity contribution in [3.63, 3.8) is 0 Å². The van der Waals surface area contributed by atoms with Gasteiger partial charge in [0.05, 0.1) is 31.0 Å². The summed E-state index contributed by atoms with van der Waals surface area (Å²) in [6.45, 7) is 0.590. The highest BCUT2D eigenvalue weighted by Gasteiger charge is 2.10. The molecule has 1 amide bonds. The summed E-state index contributed by atoms with van der Waals surface area (Å²) in [4.78, 5) is 13.0. The Morgan fingerprint density at radius 2 is 2.09 bits per heavy atom. The van der Waals surface area contributed by atoms with Crippen molar-refractivity contribution < 1.29 is 14.3 Å². The highest BCUT2D eigenvalue weighted by molar-refractivity contribution is 9.10. The number of amides is 1.